The van der Waals surface area contributed by atoms with Gasteiger partial charge in [0.2, 0.25) is 5.91 Å². The van der Waals surface area contributed by atoms with Crippen LogP contribution in [0.5, 0.6) is 0 Å². The summed E-state index contributed by atoms with van der Waals surface area (Å²) in [6.07, 6.45) is 0.766. The van der Waals surface area contributed by atoms with Crippen molar-refractivity contribution in [2.24, 2.45) is 5.41 Å². The number of nitrogens with one attached hydrogen (secondary N) is 3. The SMILES string of the molecule is CC(C)(C)C1CC(C(=O)Nc2ccccc2N)NN1. The summed E-state index contributed by atoms with van der Waals surface area (Å²) in [6.45, 7) is 6.46. The number of hydrogen-bond acceptors (Lipinski definition) is 4. The van der Waals surface area contributed by atoms with Crippen LogP contribution >= 0.6 is 0 Å². The van der Waals surface area contributed by atoms with E-state index in [9.17, 15) is 4.79 Å². The van der Waals surface area contributed by atoms with Gasteiger partial charge >= 0.3 is 0 Å². The Bertz CT molecular complexity index is 467. The molecule has 1 aliphatic heterocycles. The normalized spacial score (nSPS) is 23.3. The molecule has 1 saturated heterocycles. The van der Waals surface area contributed by atoms with Crippen LogP contribution in [0.4, 0.5) is 11.4 Å². The fourth-order valence-electron chi connectivity index (χ4n) is 2.13. The Morgan fingerprint density at radius 2 is 2.00 bits per heavy atom. The molecule has 0 bridgehead atoms. The van der Waals surface area contributed by atoms with E-state index >= 15 is 0 Å². The minimum atomic E-state index is -0.233. The monoisotopic (exact) mass is 262 g/mol. The molecule has 0 radical (unpaired) electrons. The average Bonchev–Trinajstić information content (AvgIpc) is 2.81. The molecule has 1 heterocycles. The lowest BCUT2D eigenvalue weighted by molar-refractivity contribution is -0.117. The average molecular weight is 262 g/mol. The largest absolute Gasteiger partial charge is 0.397 e. The molecule has 1 fully saturated rings. The molecule has 1 aromatic rings. The molecule has 2 rings (SSSR count). The van der Waals surface area contributed by atoms with Crippen molar-refractivity contribution in [1.29, 1.82) is 0 Å². The van der Waals surface area contributed by atoms with E-state index in [1.165, 1.54) is 0 Å². The highest BCUT2D eigenvalue weighted by atomic mass is 16.2. The van der Waals surface area contributed by atoms with Crippen LogP contribution in [-0.2, 0) is 4.79 Å². The maximum Gasteiger partial charge on any atom is 0.242 e. The van der Waals surface area contributed by atoms with Crippen molar-refractivity contribution in [1.82, 2.24) is 10.9 Å². The maximum atomic E-state index is 12.2. The van der Waals surface area contributed by atoms with Crippen molar-refractivity contribution >= 4 is 17.3 Å². The molecule has 1 amide bonds. The van der Waals surface area contributed by atoms with E-state index in [1.807, 2.05) is 12.1 Å². The first-order valence-corrected chi connectivity index (χ1v) is 6.54. The number of nitrogen functional groups attached to an aromatic ring is 1. The molecule has 2 atom stereocenters. The van der Waals surface area contributed by atoms with Crippen molar-refractivity contribution in [3.63, 3.8) is 0 Å². The van der Waals surface area contributed by atoms with Gasteiger partial charge in [0.05, 0.1) is 11.4 Å². The first-order valence-electron chi connectivity index (χ1n) is 6.54. The molecule has 0 saturated carbocycles. The Kier molecular flexibility index (Phi) is 3.78. The number of nitrogens with two attached hydrogens (primary N) is 1. The molecule has 0 aliphatic carbocycles. The summed E-state index contributed by atoms with van der Waals surface area (Å²) < 4.78 is 0. The minimum absolute atomic E-state index is 0.0582. The van der Waals surface area contributed by atoms with Crippen LogP contribution in [0.25, 0.3) is 0 Å². The lowest BCUT2D eigenvalue weighted by atomic mass is 9.84. The topological polar surface area (TPSA) is 79.2 Å². The number of carbonyl (C=O) groups excluding carboxylic acids is 1. The summed E-state index contributed by atoms with van der Waals surface area (Å²) in [6, 6.07) is 7.31. The number of hydrogen-bond donors (Lipinski definition) is 4. The third-order valence-electron chi connectivity index (χ3n) is 3.48. The third-order valence-corrected chi connectivity index (χ3v) is 3.48. The fraction of sp³-hybridized carbons (Fsp3) is 0.500. The summed E-state index contributed by atoms with van der Waals surface area (Å²) in [5.74, 6) is -0.0582. The molecule has 104 valence electrons. The van der Waals surface area contributed by atoms with Gasteiger partial charge in [-0.15, -0.1) is 0 Å². The van der Waals surface area contributed by atoms with Gasteiger partial charge < -0.3 is 11.1 Å². The van der Waals surface area contributed by atoms with Gasteiger partial charge in [0, 0.05) is 6.04 Å². The zero-order chi connectivity index (χ0) is 14.0. The molecule has 5 N–H and O–H groups in total. The molecule has 19 heavy (non-hydrogen) atoms. The van der Waals surface area contributed by atoms with Crippen molar-refractivity contribution in [3.05, 3.63) is 24.3 Å². The molecule has 1 aromatic carbocycles. The van der Waals surface area contributed by atoms with Crippen LogP contribution in [0.3, 0.4) is 0 Å². The van der Waals surface area contributed by atoms with Crippen LogP contribution in [0.2, 0.25) is 0 Å². The lowest BCUT2D eigenvalue weighted by Crippen LogP contribution is -2.42. The van der Waals surface area contributed by atoms with Gasteiger partial charge in [-0.2, -0.15) is 0 Å². The number of anilines is 2. The number of para-hydroxylation sites is 2. The quantitative estimate of drug-likeness (QED) is 0.609. The van der Waals surface area contributed by atoms with Crippen LogP contribution in [0, 0.1) is 5.41 Å². The van der Waals surface area contributed by atoms with Crippen LogP contribution in [0.15, 0.2) is 24.3 Å². The minimum Gasteiger partial charge on any atom is -0.397 e. The van der Waals surface area contributed by atoms with Gasteiger partial charge in [0.25, 0.3) is 0 Å². The zero-order valence-electron chi connectivity index (χ0n) is 11.7. The third kappa shape index (κ3) is 3.24. The molecule has 2 unspecified atom stereocenters. The molecule has 5 nitrogen and oxygen atoms in total. The first kappa shape index (κ1) is 13.8. The smallest absolute Gasteiger partial charge is 0.242 e. The highest BCUT2D eigenvalue weighted by Gasteiger charge is 2.35. The maximum absolute atomic E-state index is 12.2. The second-order valence-electron chi connectivity index (χ2n) is 6.07. The number of benzene rings is 1. The predicted molar refractivity (Wildman–Crippen MR) is 77.4 cm³/mol. The Labute approximate surface area is 113 Å². The molecule has 5 heteroatoms. The van der Waals surface area contributed by atoms with Gasteiger partial charge in [-0.25, -0.2) is 5.43 Å². The Balaban J connectivity index is 1.97. The summed E-state index contributed by atoms with van der Waals surface area (Å²) in [7, 11) is 0. The van der Waals surface area contributed by atoms with Crippen molar-refractivity contribution in [3.8, 4) is 0 Å². The van der Waals surface area contributed by atoms with Crippen LogP contribution in [0.1, 0.15) is 27.2 Å². The number of hydrazine groups is 1. The van der Waals surface area contributed by atoms with Crippen molar-refractivity contribution < 1.29 is 4.79 Å². The van der Waals surface area contributed by atoms with E-state index in [1.54, 1.807) is 12.1 Å². The first-order chi connectivity index (χ1) is 8.88. The van der Waals surface area contributed by atoms with Gasteiger partial charge in [0.1, 0.15) is 6.04 Å². The van der Waals surface area contributed by atoms with Gasteiger partial charge in [-0.05, 0) is 24.0 Å². The molecular weight excluding hydrogens is 240 g/mol. The summed E-state index contributed by atoms with van der Waals surface area (Å²) in [4.78, 5) is 12.2. The summed E-state index contributed by atoms with van der Waals surface area (Å²) in [5.41, 5.74) is 13.4. The van der Waals surface area contributed by atoms with Gasteiger partial charge in [-0.3, -0.25) is 10.2 Å². The second kappa shape index (κ2) is 5.19. The number of rotatable bonds is 2. The summed E-state index contributed by atoms with van der Waals surface area (Å²) >= 11 is 0. The van der Waals surface area contributed by atoms with Gasteiger partial charge in [0.15, 0.2) is 0 Å². The number of carbonyl (C=O) groups is 1. The number of amides is 1. The van der Waals surface area contributed by atoms with E-state index < -0.39 is 0 Å². The van der Waals surface area contributed by atoms with E-state index in [4.69, 9.17) is 5.73 Å². The predicted octanol–water partition coefficient (Wildman–Crippen LogP) is 1.49. The zero-order valence-corrected chi connectivity index (χ0v) is 11.7. The molecular formula is C14H22N4O. The van der Waals surface area contributed by atoms with E-state index in [2.05, 4.69) is 36.9 Å². The molecule has 0 spiro atoms. The van der Waals surface area contributed by atoms with Gasteiger partial charge in [-0.1, -0.05) is 32.9 Å². The Morgan fingerprint density at radius 1 is 1.32 bits per heavy atom. The molecule has 1 aliphatic rings. The fourth-order valence-corrected chi connectivity index (χ4v) is 2.13. The Hall–Kier alpha value is -1.59. The molecule has 0 aromatic heterocycles. The second-order valence-corrected chi connectivity index (χ2v) is 6.07. The van der Waals surface area contributed by atoms with Crippen LogP contribution in [-0.4, -0.2) is 18.0 Å². The van der Waals surface area contributed by atoms with Crippen molar-refractivity contribution in [2.75, 3.05) is 11.1 Å². The highest BCUT2D eigenvalue weighted by Crippen LogP contribution is 2.26. The van der Waals surface area contributed by atoms with Crippen LogP contribution < -0.4 is 21.9 Å². The standard InChI is InChI=1S/C14H22N4O/c1-14(2,3)12-8-11(17-18-12)13(19)16-10-7-5-4-6-9(10)15/h4-7,11-12,17-18H,8,15H2,1-3H3,(H,16,19). The summed E-state index contributed by atoms with van der Waals surface area (Å²) in [5, 5.41) is 2.86. The Morgan fingerprint density at radius 3 is 2.58 bits per heavy atom. The van der Waals surface area contributed by atoms with E-state index in [0.717, 1.165) is 6.42 Å². The van der Waals surface area contributed by atoms with E-state index in [0.29, 0.717) is 11.4 Å². The highest BCUT2D eigenvalue weighted by molar-refractivity contribution is 5.97. The van der Waals surface area contributed by atoms with Crippen molar-refractivity contribution in [2.45, 2.75) is 39.3 Å². The lowest BCUT2D eigenvalue weighted by Gasteiger charge is -2.25. The van der Waals surface area contributed by atoms with E-state index in [-0.39, 0.29) is 23.4 Å².